The fourth-order valence-corrected chi connectivity index (χ4v) is 8.30. The normalized spacial score (nSPS) is 18.3. The van der Waals surface area contributed by atoms with Gasteiger partial charge in [0.1, 0.15) is 12.0 Å². The molecule has 1 aliphatic heterocycles. The lowest BCUT2D eigenvalue weighted by molar-refractivity contribution is -0.141. The fraction of sp³-hybridized carbons (Fsp3) is 0.349. The molecule has 6 nitrogen and oxygen atoms in total. The van der Waals surface area contributed by atoms with Gasteiger partial charge < -0.3 is 20.3 Å². The molecule has 4 aromatic rings. The number of hydrogen-bond donors (Lipinski definition) is 2. The van der Waals surface area contributed by atoms with E-state index in [9.17, 15) is 22.8 Å². The Bertz CT molecular complexity index is 1900. The molecule has 1 fully saturated rings. The van der Waals surface area contributed by atoms with Crippen molar-refractivity contribution in [2.75, 3.05) is 43.1 Å². The topological polar surface area (TPSA) is 70.7 Å². The zero-order valence-corrected chi connectivity index (χ0v) is 29.2. The summed E-state index contributed by atoms with van der Waals surface area (Å²) in [6.45, 7) is 1.41. The molecule has 1 saturated heterocycles. The van der Waals surface area contributed by atoms with Crippen molar-refractivity contribution in [1.29, 1.82) is 0 Å². The number of amides is 2. The van der Waals surface area contributed by atoms with Crippen LogP contribution in [0.2, 0.25) is 0 Å². The van der Waals surface area contributed by atoms with Gasteiger partial charge in [0.25, 0.3) is 5.91 Å². The first-order chi connectivity index (χ1) is 25.2. The Labute approximate surface area is 303 Å². The summed E-state index contributed by atoms with van der Waals surface area (Å²) in [5, 5.41) is 5.43. The van der Waals surface area contributed by atoms with Gasteiger partial charge in [-0.2, -0.15) is 13.2 Å². The maximum atomic E-state index is 13.8. The van der Waals surface area contributed by atoms with Gasteiger partial charge in [-0.15, -0.1) is 0 Å². The zero-order chi connectivity index (χ0) is 36.1. The minimum absolute atomic E-state index is 0.138. The molecule has 4 aromatic carbocycles. The molecule has 1 atom stereocenters. The highest BCUT2D eigenvalue weighted by molar-refractivity contribution is 6.09. The number of fused-ring (bicyclic) bond motifs is 4. The number of ether oxygens (including phenoxy) is 1. The minimum Gasteiger partial charge on any atom is -0.378 e. The lowest BCUT2D eigenvalue weighted by Crippen LogP contribution is -2.47. The number of alkyl halides is 3. The van der Waals surface area contributed by atoms with Gasteiger partial charge in [0.05, 0.1) is 18.8 Å². The van der Waals surface area contributed by atoms with Crippen molar-refractivity contribution in [3.05, 3.63) is 125 Å². The number of aryl methyl sites for hydroxylation is 1. The van der Waals surface area contributed by atoms with Gasteiger partial charge in [0.15, 0.2) is 0 Å². The maximum absolute atomic E-state index is 13.8. The highest BCUT2D eigenvalue weighted by atomic mass is 19.4. The molecule has 270 valence electrons. The van der Waals surface area contributed by atoms with E-state index in [1.165, 1.54) is 5.56 Å². The quantitative estimate of drug-likeness (QED) is 0.162. The van der Waals surface area contributed by atoms with Crippen LogP contribution in [0.25, 0.3) is 17.2 Å². The summed E-state index contributed by atoms with van der Waals surface area (Å²) in [6.07, 6.45) is 5.44. The lowest BCUT2D eigenvalue weighted by atomic mass is 9.73. The molecule has 52 heavy (non-hydrogen) atoms. The van der Waals surface area contributed by atoms with Crippen molar-refractivity contribution < 1.29 is 27.5 Å². The van der Waals surface area contributed by atoms with E-state index < -0.39 is 24.0 Å². The summed E-state index contributed by atoms with van der Waals surface area (Å²) >= 11 is 0. The number of carbonyl (C=O) groups is 2. The van der Waals surface area contributed by atoms with Crippen LogP contribution in [0.3, 0.4) is 0 Å². The second-order valence-electron chi connectivity index (χ2n) is 14.0. The Morgan fingerprint density at radius 3 is 2.27 bits per heavy atom. The number of rotatable bonds is 10. The third-order valence-electron chi connectivity index (χ3n) is 10.8. The van der Waals surface area contributed by atoms with Crippen LogP contribution >= 0.6 is 0 Å². The Balaban J connectivity index is 1.02. The van der Waals surface area contributed by atoms with Gasteiger partial charge >= 0.3 is 6.18 Å². The van der Waals surface area contributed by atoms with E-state index in [1.807, 2.05) is 84.9 Å². The number of morpholine rings is 1. The van der Waals surface area contributed by atoms with Crippen LogP contribution in [-0.4, -0.2) is 50.8 Å². The number of benzene rings is 4. The first kappa shape index (κ1) is 35.5. The van der Waals surface area contributed by atoms with Crippen LogP contribution in [0.4, 0.5) is 24.5 Å². The molecular weight excluding hydrogens is 663 g/mol. The molecule has 7 rings (SSSR count). The summed E-state index contributed by atoms with van der Waals surface area (Å²) in [7, 11) is 0. The first-order valence-electron chi connectivity index (χ1n) is 18.3. The van der Waals surface area contributed by atoms with E-state index >= 15 is 0 Å². The van der Waals surface area contributed by atoms with Crippen molar-refractivity contribution in [3.8, 4) is 11.1 Å². The van der Waals surface area contributed by atoms with Gasteiger partial charge in [-0.25, -0.2) is 0 Å². The molecule has 3 aliphatic rings. The van der Waals surface area contributed by atoms with Crippen LogP contribution in [0, 0.1) is 5.92 Å². The van der Waals surface area contributed by atoms with Crippen LogP contribution in [0.15, 0.2) is 97.1 Å². The van der Waals surface area contributed by atoms with Crippen LogP contribution < -0.4 is 15.5 Å². The second kappa shape index (κ2) is 15.4. The standard InChI is InChI=1S/C43H44F3N3O3/c44-43(45,46)29-47-41(51)42(36-18-4-1-14-33(36)34-15-2-5-19-37(34)42)24-8-7-11-30-12-9-17-32-31(23-22-30)13-10-20-38(32)48-40(50)35-16-3-6-21-39(35)49-25-27-52-28-26-49/h1-6,9-10,13-21,30H,7-8,11-12,22-29H2,(H,47,51)(H,48,50)/b17-9-. The third kappa shape index (κ3) is 7.37. The van der Waals surface area contributed by atoms with Crippen LogP contribution in [0.1, 0.15) is 71.1 Å². The van der Waals surface area contributed by atoms with E-state index in [0.29, 0.717) is 37.5 Å². The fourth-order valence-electron chi connectivity index (χ4n) is 8.30. The Morgan fingerprint density at radius 2 is 1.54 bits per heavy atom. The van der Waals surface area contributed by atoms with E-state index in [2.05, 4.69) is 33.8 Å². The molecule has 2 N–H and O–H groups in total. The van der Waals surface area contributed by atoms with Crippen molar-refractivity contribution in [2.24, 2.45) is 5.92 Å². The number of para-hydroxylation sites is 1. The van der Waals surface area contributed by atoms with Crippen molar-refractivity contribution >= 4 is 29.3 Å². The summed E-state index contributed by atoms with van der Waals surface area (Å²) in [6, 6.07) is 29.0. The number of halogens is 3. The summed E-state index contributed by atoms with van der Waals surface area (Å²) in [5.41, 5.74) is 6.73. The molecule has 2 aliphatic carbocycles. The van der Waals surface area contributed by atoms with Gasteiger partial charge in [0.2, 0.25) is 5.91 Å². The minimum atomic E-state index is -4.50. The number of anilines is 2. The highest BCUT2D eigenvalue weighted by Crippen LogP contribution is 2.52. The van der Waals surface area contributed by atoms with E-state index in [4.69, 9.17) is 4.74 Å². The van der Waals surface area contributed by atoms with E-state index in [0.717, 1.165) is 84.4 Å². The molecule has 0 radical (unpaired) electrons. The number of unbranched alkanes of at least 4 members (excludes halogenated alkanes) is 1. The highest BCUT2D eigenvalue weighted by Gasteiger charge is 2.49. The average Bonchev–Trinajstić information content (AvgIpc) is 3.44. The third-order valence-corrected chi connectivity index (χ3v) is 10.8. The lowest BCUT2D eigenvalue weighted by Gasteiger charge is -2.31. The first-order valence-corrected chi connectivity index (χ1v) is 18.3. The van der Waals surface area contributed by atoms with Gasteiger partial charge in [-0.1, -0.05) is 104 Å². The number of carbonyl (C=O) groups excluding carboxylic acids is 2. The number of nitrogens with zero attached hydrogens (tertiary/aromatic N) is 1. The number of allylic oxidation sites excluding steroid dienone is 1. The largest absolute Gasteiger partial charge is 0.405 e. The predicted molar refractivity (Wildman–Crippen MR) is 200 cm³/mol. The summed E-state index contributed by atoms with van der Waals surface area (Å²) < 4.78 is 45.3. The molecule has 2 amide bonds. The molecule has 1 heterocycles. The summed E-state index contributed by atoms with van der Waals surface area (Å²) in [5.74, 6) is -0.317. The van der Waals surface area contributed by atoms with Gasteiger partial charge in [-0.05, 0) is 77.6 Å². The SMILES string of the molecule is O=C(Nc1cccc2c1/C=C\CC(CCCCC1(C(=O)NCC(F)(F)F)c3ccccc3-c3ccccc31)CC2)c1ccccc1N1CCOCC1. The van der Waals surface area contributed by atoms with Gasteiger partial charge in [0, 0.05) is 30.0 Å². The average molecular weight is 708 g/mol. The van der Waals surface area contributed by atoms with Crippen molar-refractivity contribution in [1.82, 2.24) is 5.32 Å². The molecule has 0 aromatic heterocycles. The Hall–Kier alpha value is -4.89. The Morgan fingerprint density at radius 1 is 0.846 bits per heavy atom. The number of nitrogens with one attached hydrogen (secondary N) is 2. The summed E-state index contributed by atoms with van der Waals surface area (Å²) in [4.78, 5) is 29.7. The molecule has 0 spiro atoms. The Kier molecular flexibility index (Phi) is 10.5. The van der Waals surface area contributed by atoms with E-state index in [-0.39, 0.29) is 5.91 Å². The molecule has 1 unspecified atom stereocenters. The smallest absolute Gasteiger partial charge is 0.378 e. The van der Waals surface area contributed by atoms with Crippen molar-refractivity contribution in [2.45, 2.75) is 56.5 Å². The van der Waals surface area contributed by atoms with E-state index in [1.54, 1.807) is 0 Å². The molecular formula is C43H44F3N3O3. The van der Waals surface area contributed by atoms with Crippen LogP contribution in [0.5, 0.6) is 0 Å². The van der Waals surface area contributed by atoms with Crippen LogP contribution in [-0.2, 0) is 21.4 Å². The van der Waals surface area contributed by atoms with Crippen molar-refractivity contribution in [3.63, 3.8) is 0 Å². The molecule has 0 saturated carbocycles. The monoisotopic (exact) mass is 707 g/mol. The molecule has 9 heteroatoms. The van der Waals surface area contributed by atoms with Gasteiger partial charge in [-0.3, -0.25) is 9.59 Å². The number of hydrogen-bond acceptors (Lipinski definition) is 4. The zero-order valence-electron chi connectivity index (χ0n) is 29.2. The molecule has 0 bridgehead atoms. The predicted octanol–water partition coefficient (Wildman–Crippen LogP) is 8.95. The maximum Gasteiger partial charge on any atom is 0.405 e. The second-order valence-corrected chi connectivity index (χ2v) is 14.0.